The van der Waals surface area contributed by atoms with Crippen molar-refractivity contribution >= 4 is 27.1 Å². The minimum Gasteiger partial charge on any atom is -0.370 e. The Kier molecular flexibility index (Phi) is 4.75. The van der Waals surface area contributed by atoms with Gasteiger partial charge in [-0.2, -0.15) is 4.52 Å². The first-order valence-electron chi connectivity index (χ1n) is 7.74. The van der Waals surface area contributed by atoms with Gasteiger partial charge in [0.25, 0.3) is 5.56 Å². The molecule has 0 saturated carbocycles. The lowest BCUT2D eigenvalue weighted by atomic mass is 10.2. The molecular weight excluding hydrogens is 329 g/mol. The van der Waals surface area contributed by atoms with E-state index in [0.717, 1.165) is 18.7 Å². The number of rotatable bonds is 6. The molecule has 1 aromatic carbocycles. The van der Waals surface area contributed by atoms with Crippen molar-refractivity contribution in [1.82, 2.24) is 14.6 Å². The van der Waals surface area contributed by atoms with Crippen LogP contribution < -0.4 is 15.8 Å². The normalized spacial score (nSPS) is 11.0. The van der Waals surface area contributed by atoms with E-state index in [9.17, 15) is 9.18 Å². The molecule has 0 spiro atoms. The Hall–Kier alpha value is -2.48. The van der Waals surface area contributed by atoms with Crippen molar-refractivity contribution in [2.75, 3.05) is 23.3 Å². The maximum atomic E-state index is 14.3. The third-order valence-electron chi connectivity index (χ3n) is 3.73. The molecule has 6 nitrogen and oxygen atoms in total. The molecule has 0 amide bonds. The Balaban J connectivity index is 1.75. The lowest BCUT2D eigenvalue weighted by Gasteiger charge is -2.21. The number of aromatic nitrogens is 3. The van der Waals surface area contributed by atoms with Gasteiger partial charge in [-0.05, 0) is 31.5 Å². The first kappa shape index (κ1) is 16.4. The first-order chi connectivity index (χ1) is 11.6. The highest BCUT2D eigenvalue weighted by Crippen LogP contribution is 2.22. The SMILES string of the molecule is CCN(CC)c1ccc(CNc2nn3c(=O)ccnc3s2)cc1F. The zero-order chi connectivity index (χ0) is 17.1. The van der Waals surface area contributed by atoms with Gasteiger partial charge in [-0.15, -0.1) is 5.10 Å². The molecule has 0 aliphatic rings. The predicted molar refractivity (Wildman–Crippen MR) is 94.4 cm³/mol. The highest BCUT2D eigenvalue weighted by Gasteiger charge is 2.10. The first-order valence-corrected chi connectivity index (χ1v) is 8.56. The van der Waals surface area contributed by atoms with Gasteiger partial charge >= 0.3 is 0 Å². The Bertz CT molecular complexity index is 903. The second kappa shape index (κ2) is 6.96. The van der Waals surface area contributed by atoms with Crippen LogP contribution in [0.15, 0.2) is 35.3 Å². The van der Waals surface area contributed by atoms with E-state index in [-0.39, 0.29) is 11.4 Å². The van der Waals surface area contributed by atoms with Gasteiger partial charge in [0.05, 0.1) is 5.69 Å². The molecule has 3 aromatic rings. The molecule has 126 valence electrons. The van der Waals surface area contributed by atoms with E-state index in [4.69, 9.17) is 0 Å². The van der Waals surface area contributed by atoms with Gasteiger partial charge < -0.3 is 10.2 Å². The summed E-state index contributed by atoms with van der Waals surface area (Å²) in [7, 11) is 0. The number of benzene rings is 1. The number of anilines is 2. The summed E-state index contributed by atoms with van der Waals surface area (Å²) < 4.78 is 15.5. The number of fused-ring (bicyclic) bond motifs is 1. The maximum absolute atomic E-state index is 14.3. The van der Waals surface area contributed by atoms with E-state index >= 15 is 0 Å². The third kappa shape index (κ3) is 3.23. The zero-order valence-electron chi connectivity index (χ0n) is 13.5. The fraction of sp³-hybridized carbons (Fsp3) is 0.312. The lowest BCUT2D eigenvalue weighted by molar-refractivity contribution is 0.618. The van der Waals surface area contributed by atoms with Crippen molar-refractivity contribution in [1.29, 1.82) is 0 Å². The van der Waals surface area contributed by atoms with E-state index in [1.165, 1.54) is 34.2 Å². The van der Waals surface area contributed by atoms with E-state index in [2.05, 4.69) is 15.4 Å². The number of hydrogen-bond acceptors (Lipinski definition) is 6. The molecule has 24 heavy (non-hydrogen) atoms. The van der Waals surface area contributed by atoms with E-state index in [1.807, 2.05) is 24.8 Å². The van der Waals surface area contributed by atoms with E-state index < -0.39 is 0 Å². The van der Waals surface area contributed by atoms with Gasteiger partial charge in [0.15, 0.2) is 0 Å². The topological polar surface area (TPSA) is 62.5 Å². The summed E-state index contributed by atoms with van der Waals surface area (Å²) in [5.41, 5.74) is 1.20. The fourth-order valence-corrected chi connectivity index (χ4v) is 3.24. The molecule has 0 aliphatic heterocycles. The van der Waals surface area contributed by atoms with Gasteiger partial charge in [-0.1, -0.05) is 17.4 Å². The maximum Gasteiger partial charge on any atom is 0.275 e. The highest BCUT2D eigenvalue weighted by molar-refractivity contribution is 7.20. The third-order valence-corrected chi connectivity index (χ3v) is 4.61. The van der Waals surface area contributed by atoms with Crippen LogP contribution in [0.25, 0.3) is 4.96 Å². The molecule has 2 heterocycles. The summed E-state index contributed by atoms with van der Waals surface area (Å²) in [4.78, 5) is 18.2. The molecule has 0 fully saturated rings. The van der Waals surface area contributed by atoms with Crippen LogP contribution in [0.4, 0.5) is 15.2 Å². The van der Waals surface area contributed by atoms with E-state index in [1.54, 1.807) is 6.07 Å². The van der Waals surface area contributed by atoms with Crippen LogP contribution in [-0.2, 0) is 6.54 Å². The minimum absolute atomic E-state index is 0.223. The summed E-state index contributed by atoms with van der Waals surface area (Å²) in [6.07, 6.45) is 1.46. The van der Waals surface area contributed by atoms with Crippen molar-refractivity contribution in [3.05, 3.63) is 52.2 Å². The van der Waals surface area contributed by atoms with Crippen LogP contribution >= 0.6 is 11.3 Å². The Morgan fingerprint density at radius 1 is 1.29 bits per heavy atom. The van der Waals surface area contributed by atoms with Crippen molar-refractivity contribution in [3.63, 3.8) is 0 Å². The Morgan fingerprint density at radius 3 is 2.75 bits per heavy atom. The molecular formula is C16H18FN5OS. The largest absolute Gasteiger partial charge is 0.370 e. The average molecular weight is 347 g/mol. The number of nitrogens with zero attached hydrogens (tertiary/aromatic N) is 4. The van der Waals surface area contributed by atoms with Crippen molar-refractivity contribution in [2.45, 2.75) is 20.4 Å². The molecule has 0 saturated heterocycles. The monoisotopic (exact) mass is 347 g/mol. The van der Waals surface area contributed by atoms with Gasteiger partial charge in [0.2, 0.25) is 10.1 Å². The molecule has 0 unspecified atom stereocenters. The Morgan fingerprint density at radius 2 is 2.08 bits per heavy atom. The molecule has 0 aliphatic carbocycles. The van der Waals surface area contributed by atoms with Crippen LogP contribution in [0.3, 0.4) is 0 Å². The lowest BCUT2D eigenvalue weighted by Crippen LogP contribution is -2.23. The quantitative estimate of drug-likeness (QED) is 0.743. The Labute approximate surface area is 142 Å². The number of nitrogens with one attached hydrogen (secondary N) is 1. The van der Waals surface area contributed by atoms with Gasteiger partial charge in [-0.3, -0.25) is 4.79 Å². The number of hydrogen-bond donors (Lipinski definition) is 1. The van der Waals surface area contributed by atoms with Gasteiger partial charge in [0.1, 0.15) is 5.82 Å². The summed E-state index contributed by atoms with van der Waals surface area (Å²) in [6, 6.07) is 6.57. The van der Waals surface area contributed by atoms with Crippen LogP contribution in [0.2, 0.25) is 0 Å². The molecule has 0 bridgehead atoms. The second-order valence-corrected chi connectivity index (χ2v) is 6.15. The number of halogens is 1. The predicted octanol–water partition coefficient (Wildman–Crippen LogP) is 2.75. The summed E-state index contributed by atoms with van der Waals surface area (Å²) >= 11 is 1.28. The van der Waals surface area contributed by atoms with Crippen molar-refractivity contribution < 1.29 is 4.39 Å². The van der Waals surface area contributed by atoms with E-state index in [0.29, 0.717) is 22.3 Å². The van der Waals surface area contributed by atoms with Gasteiger partial charge in [-0.25, -0.2) is 9.37 Å². The van der Waals surface area contributed by atoms with Gasteiger partial charge in [0, 0.05) is 31.9 Å². The van der Waals surface area contributed by atoms with Crippen LogP contribution in [0, 0.1) is 5.82 Å². The van der Waals surface area contributed by atoms with Crippen LogP contribution in [0.5, 0.6) is 0 Å². The van der Waals surface area contributed by atoms with Crippen LogP contribution in [0.1, 0.15) is 19.4 Å². The molecule has 0 atom stereocenters. The van der Waals surface area contributed by atoms with Crippen LogP contribution in [-0.4, -0.2) is 27.7 Å². The molecule has 3 rings (SSSR count). The summed E-state index contributed by atoms with van der Waals surface area (Å²) in [6.45, 7) is 5.95. The second-order valence-electron chi connectivity index (χ2n) is 5.20. The zero-order valence-corrected chi connectivity index (χ0v) is 14.3. The molecule has 0 radical (unpaired) electrons. The highest BCUT2D eigenvalue weighted by atomic mass is 32.1. The molecule has 1 N–H and O–H groups in total. The van der Waals surface area contributed by atoms with Crippen molar-refractivity contribution in [2.24, 2.45) is 0 Å². The molecule has 8 heteroatoms. The summed E-state index contributed by atoms with van der Waals surface area (Å²) in [5.74, 6) is -0.236. The molecule has 2 aromatic heterocycles. The average Bonchev–Trinajstić information content (AvgIpc) is 3.00. The fourth-order valence-electron chi connectivity index (χ4n) is 2.47. The standard InChI is InChI=1S/C16H18FN5OS/c1-3-21(4-2)13-6-5-11(9-12(13)17)10-19-15-20-22-14(23)7-8-18-16(22)24-15/h5-9H,3-4,10H2,1-2H3,(H,19,20). The summed E-state index contributed by atoms with van der Waals surface area (Å²) in [5, 5.41) is 7.85. The minimum atomic E-state index is -0.236. The smallest absolute Gasteiger partial charge is 0.275 e. The van der Waals surface area contributed by atoms with Crippen molar-refractivity contribution in [3.8, 4) is 0 Å².